The molecule has 5 aromatic carbocycles. The van der Waals surface area contributed by atoms with Crippen LogP contribution in [0.5, 0.6) is 40.2 Å². The van der Waals surface area contributed by atoms with Crippen molar-refractivity contribution in [2.75, 3.05) is 70.2 Å². The molecular weight excluding hydrogens is 1400 g/mol. The van der Waals surface area contributed by atoms with Crippen molar-refractivity contribution in [3.05, 3.63) is 190 Å². The van der Waals surface area contributed by atoms with E-state index in [0.29, 0.717) is 80.2 Å². The summed E-state index contributed by atoms with van der Waals surface area (Å²) >= 11 is 0. The van der Waals surface area contributed by atoms with Crippen LogP contribution in [0.3, 0.4) is 0 Å². The molecule has 23 nitrogen and oxygen atoms in total. The average molecular weight is 1510 g/mol. The Bertz CT molecular complexity index is 4360. The van der Waals surface area contributed by atoms with Crippen LogP contribution in [-0.4, -0.2) is 168 Å². The fraction of sp³-hybridized carbons (Fsp3) is 0.448. The van der Waals surface area contributed by atoms with Gasteiger partial charge in [0.2, 0.25) is 0 Å². The van der Waals surface area contributed by atoms with Gasteiger partial charge in [0, 0.05) is 70.5 Å². The van der Waals surface area contributed by atoms with Gasteiger partial charge in [0.25, 0.3) is 17.7 Å². The second-order valence-electron chi connectivity index (χ2n) is 29.6. The number of nitrogens with zero attached hydrogens (tertiary/aromatic N) is 6. The highest BCUT2D eigenvalue weighted by Gasteiger charge is 2.40. The highest BCUT2D eigenvalue weighted by Crippen LogP contribution is 2.43. The quantitative estimate of drug-likeness (QED) is 0.0446. The highest BCUT2D eigenvalue weighted by molar-refractivity contribution is 6.04. The summed E-state index contributed by atoms with van der Waals surface area (Å²) in [5, 5.41) is 30.7. The lowest BCUT2D eigenvalue weighted by molar-refractivity contribution is -0.0177. The Hall–Kier alpha value is -10.7. The summed E-state index contributed by atoms with van der Waals surface area (Å²) in [5.74, 6) is 0.306. The first-order chi connectivity index (χ1) is 52.5. The lowest BCUT2D eigenvalue weighted by Gasteiger charge is -2.34. The van der Waals surface area contributed by atoms with Crippen LogP contribution < -0.4 is 23.7 Å². The molecule has 3 aliphatic rings. The molecule has 592 valence electrons. The van der Waals surface area contributed by atoms with Gasteiger partial charge in [-0.15, -0.1) is 0 Å². The molecule has 0 saturated heterocycles. The summed E-state index contributed by atoms with van der Waals surface area (Å²) < 4.78 is 50.1. The molecule has 0 spiro atoms. The smallest absolute Gasteiger partial charge is 0.359 e. The van der Waals surface area contributed by atoms with Crippen LogP contribution in [0, 0.1) is 49.4 Å². The minimum Gasteiger partial charge on any atom is -0.503 e. The number of esters is 3. The van der Waals surface area contributed by atoms with E-state index in [9.17, 15) is 44.1 Å². The summed E-state index contributed by atoms with van der Waals surface area (Å²) in [7, 11) is 14.5. The molecule has 23 heteroatoms. The van der Waals surface area contributed by atoms with Crippen LogP contribution >= 0.6 is 0 Å². The number of carbonyl (C=O) groups excluding carboxylic acids is 6. The first-order valence-electron chi connectivity index (χ1n) is 37.9. The zero-order valence-electron chi connectivity index (χ0n) is 67.1. The van der Waals surface area contributed by atoms with E-state index in [2.05, 4.69) is 27.7 Å². The average Bonchev–Trinajstić information content (AvgIpc) is 1.61. The minimum absolute atomic E-state index is 0.0289. The molecule has 0 radical (unpaired) electrons. The Kier molecular flexibility index (Phi) is 30.2. The van der Waals surface area contributed by atoms with Gasteiger partial charge in [0.05, 0.1) is 34.0 Å². The van der Waals surface area contributed by atoms with Crippen molar-refractivity contribution in [3.63, 3.8) is 0 Å². The highest BCUT2D eigenvalue weighted by atomic mass is 16.6. The lowest BCUT2D eigenvalue weighted by atomic mass is 9.80. The normalized spacial score (nSPS) is 19.2. The zero-order chi connectivity index (χ0) is 80.4. The number of aliphatic hydroxyl groups excluding tert-OH is 1. The molecule has 6 unspecified atom stereocenters. The SMILES string of the molecule is CC1CCCC(C)C1O.CCOC(=O)c1c(OCc2ccccc2)c(C)c(C(=O)N(C)C)n1-c1ccc(OC)cc1.COc1ccc(-n2c(C(=O)N(C)C)c(C)c(OCc3ccccc3)c2C(=O)OC2C(C)CCCC2C)cc1.COc1ccc(-n2c(C(=O)OC3C(C)CCCC3C)c(O)c(O)c2C(=O)N(C)C)cc1. The third-order valence-electron chi connectivity index (χ3n) is 20.8. The Labute approximate surface area is 647 Å². The van der Waals surface area contributed by atoms with Crippen molar-refractivity contribution in [1.82, 2.24) is 28.4 Å². The number of rotatable bonds is 21. The summed E-state index contributed by atoms with van der Waals surface area (Å²) in [6, 6.07) is 40.3. The number of carbonyl (C=O) groups is 6. The number of aliphatic hydroxyl groups is 1. The zero-order valence-corrected chi connectivity index (χ0v) is 67.1. The standard InChI is InChI=1S/C31H38N2O5.C25H28N2O5.C23H30N2O6.C8H16O/c1-20-11-10-12-21(2)28(20)38-31(35)27-29(37-19-23-13-8-7-9-14-23)22(3)26(30(34)32(4)5)33(27)24-15-17-25(36-6)18-16-24;1-6-31-25(29)22-23(32-16-18-10-8-7-9-11-18)17(2)21(24(28)26(3)4)27(22)19-12-14-20(30-5)15-13-19;1-13-7-6-8-14(2)21(13)31-23(29)18-20(27)19(26)17(22(28)24(3)4)25(18)15-9-11-16(30-5)12-10-15;1-6-4-3-5-7(2)8(6)9/h7-9,13-18,20-21,28H,10-12,19H2,1-6H3;7-15H,6,16H2,1-5H3;9-14,21,26-27H,6-8H2,1-5H3;6-9H,3-5H2,1-2H3. The van der Waals surface area contributed by atoms with Crippen molar-refractivity contribution in [1.29, 1.82) is 0 Å². The predicted octanol–water partition coefficient (Wildman–Crippen LogP) is 15.7. The molecule has 110 heavy (non-hydrogen) atoms. The fourth-order valence-corrected chi connectivity index (χ4v) is 14.6. The molecule has 3 heterocycles. The summed E-state index contributed by atoms with van der Waals surface area (Å²) in [6.45, 7) is 18.6. The number of ether oxygens (including phenoxy) is 8. The van der Waals surface area contributed by atoms with E-state index in [1.165, 1.54) is 59.7 Å². The maximum Gasteiger partial charge on any atom is 0.359 e. The second-order valence-corrected chi connectivity index (χ2v) is 29.6. The van der Waals surface area contributed by atoms with E-state index in [-0.39, 0.29) is 96.4 Å². The van der Waals surface area contributed by atoms with Gasteiger partial charge in [0.15, 0.2) is 45.8 Å². The molecule has 3 amide bonds. The van der Waals surface area contributed by atoms with Crippen molar-refractivity contribution in [2.45, 2.75) is 152 Å². The molecule has 6 atom stereocenters. The van der Waals surface area contributed by atoms with E-state index in [1.54, 1.807) is 126 Å². The van der Waals surface area contributed by atoms with E-state index in [4.69, 9.17) is 37.9 Å². The van der Waals surface area contributed by atoms with Gasteiger partial charge in [-0.05, 0) is 179 Å². The maximum atomic E-state index is 14.0. The van der Waals surface area contributed by atoms with Crippen LogP contribution in [0.1, 0.15) is 191 Å². The number of aromatic nitrogens is 3. The molecule has 0 aliphatic heterocycles. The fourth-order valence-electron chi connectivity index (χ4n) is 14.6. The van der Waals surface area contributed by atoms with Crippen LogP contribution in [0.2, 0.25) is 0 Å². The largest absolute Gasteiger partial charge is 0.503 e. The van der Waals surface area contributed by atoms with Gasteiger partial charge in [-0.2, -0.15) is 0 Å². The molecule has 0 bridgehead atoms. The molecule has 3 aromatic heterocycles. The second kappa shape index (κ2) is 39.1. The third-order valence-corrected chi connectivity index (χ3v) is 20.8. The Morgan fingerprint density at radius 1 is 0.400 bits per heavy atom. The van der Waals surface area contributed by atoms with Crippen LogP contribution in [0.15, 0.2) is 133 Å². The summed E-state index contributed by atoms with van der Waals surface area (Å²) in [6.07, 6.45) is 9.32. The molecular formula is C87H112N6O17. The van der Waals surface area contributed by atoms with Gasteiger partial charge in [-0.3, -0.25) is 28.1 Å². The number of methoxy groups -OCH3 is 3. The maximum absolute atomic E-state index is 14.0. The van der Waals surface area contributed by atoms with E-state index >= 15 is 0 Å². The Balaban J connectivity index is 0.000000197. The van der Waals surface area contributed by atoms with Crippen molar-refractivity contribution in [2.24, 2.45) is 35.5 Å². The number of aromatic hydroxyl groups is 2. The molecule has 3 aliphatic carbocycles. The monoisotopic (exact) mass is 1510 g/mol. The van der Waals surface area contributed by atoms with Gasteiger partial charge >= 0.3 is 17.9 Å². The van der Waals surface area contributed by atoms with Crippen molar-refractivity contribution < 1.29 is 82.0 Å². The lowest BCUT2D eigenvalue weighted by Crippen LogP contribution is -2.35. The topological polar surface area (TPSA) is 261 Å². The number of hydrogen-bond acceptors (Lipinski definition) is 17. The molecule has 8 aromatic rings. The number of hydrogen-bond donors (Lipinski definition) is 3. The van der Waals surface area contributed by atoms with Gasteiger partial charge in [-0.1, -0.05) is 121 Å². The summed E-state index contributed by atoms with van der Waals surface area (Å²) in [4.78, 5) is 84.1. The van der Waals surface area contributed by atoms with Gasteiger partial charge in [-0.25, -0.2) is 14.4 Å². The van der Waals surface area contributed by atoms with Crippen LogP contribution in [-0.2, 0) is 27.4 Å². The van der Waals surface area contributed by atoms with Gasteiger partial charge < -0.3 is 67.9 Å². The van der Waals surface area contributed by atoms with Crippen molar-refractivity contribution in [3.8, 4) is 57.3 Å². The molecule has 3 N–H and O–H groups in total. The number of amides is 3. The minimum atomic E-state index is -0.785. The first kappa shape index (κ1) is 84.9. The molecule has 3 fully saturated rings. The Morgan fingerprint density at radius 3 is 1.00 bits per heavy atom. The van der Waals surface area contributed by atoms with Crippen LogP contribution in [0.4, 0.5) is 0 Å². The predicted molar refractivity (Wildman–Crippen MR) is 422 cm³/mol. The van der Waals surface area contributed by atoms with E-state index < -0.39 is 35.3 Å². The third kappa shape index (κ3) is 20.0. The Morgan fingerprint density at radius 2 is 0.691 bits per heavy atom. The van der Waals surface area contributed by atoms with Crippen molar-refractivity contribution >= 4 is 35.6 Å². The molecule has 3 saturated carbocycles. The van der Waals surface area contributed by atoms with Gasteiger partial charge in [0.1, 0.15) is 54.1 Å². The van der Waals surface area contributed by atoms with E-state index in [1.807, 2.05) is 93.6 Å². The number of benzene rings is 5. The van der Waals surface area contributed by atoms with E-state index in [0.717, 1.165) is 49.7 Å². The first-order valence-corrected chi connectivity index (χ1v) is 37.9. The summed E-state index contributed by atoms with van der Waals surface area (Å²) in [5.41, 5.74) is 5.33. The van der Waals surface area contributed by atoms with Crippen LogP contribution in [0.25, 0.3) is 17.1 Å². The molecule has 11 rings (SSSR count).